The first kappa shape index (κ1) is 17.1. The fraction of sp³-hybridized carbons (Fsp3) is 0.562. The van der Waals surface area contributed by atoms with Gasteiger partial charge in [-0.2, -0.15) is 5.10 Å². The molecular weight excluding hydrogens is 292 g/mol. The number of H-pyrrole nitrogens is 1. The predicted octanol–water partition coefficient (Wildman–Crippen LogP) is 2.21. The van der Waals surface area contributed by atoms with Gasteiger partial charge in [-0.25, -0.2) is 4.98 Å². The summed E-state index contributed by atoms with van der Waals surface area (Å²) in [5.74, 6) is 3.57. The number of nitrogens with one attached hydrogen (secondary N) is 3. The number of aromatic amines is 1. The van der Waals surface area contributed by atoms with Gasteiger partial charge in [-0.3, -0.25) is 10.1 Å². The Hall–Kier alpha value is -2.31. The molecule has 23 heavy (non-hydrogen) atoms. The summed E-state index contributed by atoms with van der Waals surface area (Å²) in [6.45, 7) is 6.10. The van der Waals surface area contributed by atoms with Crippen LogP contribution in [0.1, 0.15) is 32.5 Å². The molecule has 126 valence electrons. The van der Waals surface area contributed by atoms with E-state index in [1.54, 1.807) is 13.3 Å². The molecule has 3 N–H and O–H groups in total. The van der Waals surface area contributed by atoms with Crippen LogP contribution in [0.15, 0.2) is 27.8 Å². The lowest BCUT2D eigenvalue weighted by Crippen LogP contribution is -2.40. The van der Waals surface area contributed by atoms with Crippen LogP contribution in [0.3, 0.4) is 0 Å². The highest BCUT2D eigenvalue weighted by atomic mass is 16.3. The number of aromatic nitrogens is 3. The van der Waals surface area contributed by atoms with Crippen LogP contribution in [0.25, 0.3) is 11.6 Å². The fourth-order valence-corrected chi connectivity index (χ4v) is 2.26. The third kappa shape index (κ3) is 5.12. The summed E-state index contributed by atoms with van der Waals surface area (Å²) in [5.41, 5.74) is 0. The molecule has 2 aromatic rings. The summed E-state index contributed by atoms with van der Waals surface area (Å²) >= 11 is 0. The maximum Gasteiger partial charge on any atom is 0.216 e. The lowest BCUT2D eigenvalue weighted by molar-refractivity contribution is 0.481. The number of nitrogens with zero attached hydrogens (tertiary/aromatic N) is 3. The fourth-order valence-electron chi connectivity index (χ4n) is 2.26. The third-order valence-corrected chi connectivity index (χ3v) is 3.86. The first-order valence-corrected chi connectivity index (χ1v) is 8.16. The van der Waals surface area contributed by atoms with Crippen molar-refractivity contribution in [2.24, 2.45) is 10.9 Å². The molecule has 0 fully saturated rings. The number of hydrogen-bond donors (Lipinski definition) is 3. The summed E-state index contributed by atoms with van der Waals surface area (Å²) in [6.07, 6.45) is 4.70. The predicted molar refractivity (Wildman–Crippen MR) is 91.2 cm³/mol. The van der Waals surface area contributed by atoms with Gasteiger partial charge in [0.05, 0.1) is 6.26 Å². The van der Waals surface area contributed by atoms with E-state index in [0.29, 0.717) is 17.5 Å². The zero-order valence-corrected chi connectivity index (χ0v) is 14.1. The molecule has 0 amide bonds. The van der Waals surface area contributed by atoms with Crippen molar-refractivity contribution < 1.29 is 4.42 Å². The topological polar surface area (TPSA) is 91.1 Å². The number of furan rings is 1. The highest BCUT2D eigenvalue weighted by Crippen LogP contribution is 2.14. The molecule has 2 heterocycles. The average molecular weight is 318 g/mol. The van der Waals surface area contributed by atoms with Gasteiger partial charge in [0.15, 0.2) is 11.7 Å². The molecule has 0 saturated carbocycles. The number of aliphatic imine (C=N–C) groups is 1. The second kappa shape index (κ2) is 8.97. The van der Waals surface area contributed by atoms with Crippen molar-refractivity contribution >= 4 is 5.96 Å². The van der Waals surface area contributed by atoms with E-state index in [0.717, 1.165) is 31.3 Å². The maximum atomic E-state index is 5.28. The minimum Gasteiger partial charge on any atom is -0.461 e. The molecule has 0 aliphatic rings. The zero-order valence-electron chi connectivity index (χ0n) is 14.1. The molecule has 0 bridgehead atoms. The van der Waals surface area contributed by atoms with Crippen molar-refractivity contribution in [3.63, 3.8) is 0 Å². The lowest BCUT2D eigenvalue weighted by Gasteiger charge is -2.16. The van der Waals surface area contributed by atoms with Gasteiger partial charge in [0.2, 0.25) is 5.82 Å². The molecule has 2 rings (SSSR count). The van der Waals surface area contributed by atoms with E-state index in [-0.39, 0.29) is 0 Å². The van der Waals surface area contributed by atoms with E-state index < -0.39 is 0 Å². The SMILES string of the molecule is CCC(CC)CNC(=NC)NCCc1nc(-c2ccco2)n[nH]1. The number of hydrogen-bond acceptors (Lipinski definition) is 4. The van der Waals surface area contributed by atoms with E-state index >= 15 is 0 Å². The van der Waals surface area contributed by atoms with Crippen molar-refractivity contribution in [2.75, 3.05) is 20.1 Å². The smallest absolute Gasteiger partial charge is 0.216 e. The Morgan fingerprint density at radius 2 is 2.17 bits per heavy atom. The van der Waals surface area contributed by atoms with Crippen LogP contribution in [-0.2, 0) is 6.42 Å². The molecule has 0 aliphatic carbocycles. The first-order valence-electron chi connectivity index (χ1n) is 8.16. The first-order chi connectivity index (χ1) is 11.3. The Morgan fingerprint density at radius 3 is 2.83 bits per heavy atom. The summed E-state index contributed by atoms with van der Waals surface area (Å²) in [7, 11) is 1.78. The average Bonchev–Trinajstić information content (AvgIpc) is 3.25. The maximum absolute atomic E-state index is 5.28. The molecule has 0 saturated heterocycles. The molecule has 0 unspecified atom stereocenters. The van der Waals surface area contributed by atoms with Gasteiger partial charge in [-0.15, -0.1) is 0 Å². The summed E-state index contributed by atoms with van der Waals surface area (Å²) in [5, 5.41) is 13.7. The van der Waals surface area contributed by atoms with Gasteiger partial charge in [0.25, 0.3) is 0 Å². The molecule has 0 aromatic carbocycles. The van der Waals surface area contributed by atoms with Crippen molar-refractivity contribution in [1.82, 2.24) is 25.8 Å². The van der Waals surface area contributed by atoms with Gasteiger partial charge in [0.1, 0.15) is 5.82 Å². The van der Waals surface area contributed by atoms with E-state index in [1.807, 2.05) is 12.1 Å². The van der Waals surface area contributed by atoms with Gasteiger partial charge in [-0.05, 0) is 18.1 Å². The third-order valence-electron chi connectivity index (χ3n) is 3.86. The van der Waals surface area contributed by atoms with E-state index in [1.165, 1.54) is 12.8 Å². The van der Waals surface area contributed by atoms with E-state index in [2.05, 4.69) is 44.7 Å². The number of guanidine groups is 1. The molecule has 0 spiro atoms. The lowest BCUT2D eigenvalue weighted by atomic mass is 10.0. The molecule has 7 heteroatoms. The Labute approximate surface area is 137 Å². The normalized spacial score (nSPS) is 11.9. The summed E-state index contributed by atoms with van der Waals surface area (Å²) in [4.78, 5) is 8.65. The molecule has 0 aliphatic heterocycles. The Morgan fingerprint density at radius 1 is 1.35 bits per heavy atom. The largest absolute Gasteiger partial charge is 0.461 e. The minimum absolute atomic E-state index is 0.584. The second-order valence-electron chi connectivity index (χ2n) is 5.40. The highest BCUT2D eigenvalue weighted by molar-refractivity contribution is 5.79. The summed E-state index contributed by atoms with van der Waals surface area (Å²) < 4.78 is 5.28. The van der Waals surface area contributed by atoms with Crippen molar-refractivity contribution in [2.45, 2.75) is 33.1 Å². The zero-order chi connectivity index (χ0) is 16.5. The Balaban J connectivity index is 1.75. The molecular formula is C16H26N6O. The van der Waals surface area contributed by atoms with Crippen molar-refractivity contribution in [3.05, 3.63) is 24.2 Å². The Kier molecular flexibility index (Phi) is 6.65. The van der Waals surface area contributed by atoms with Crippen LogP contribution < -0.4 is 10.6 Å². The van der Waals surface area contributed by atoms with Gasteiger partial charge < -0.3 is 15.1 Å². The number of rotatable bonds is 8. The van der Waals surface area contributed by atoms with Gasteiger partial charge >= 0.3 is 0 Å². The molecule has 0 atom stereocenters. The van der Waals surface area contributed by atoms with Crippen LogP contribution in [-0.4, -0.2) is 41.3 Å². The molecule has 0 radical (unpaired) electrons. The van der Waals surface area contributed by atoms with Crippen LogP contribution >= 0.6 is 0 Å². The van der Waals surface area contributed by atoms with Gasteiger partial charge in [0, 0.05) is 26.6 Å². The monoisotopic (exact) mass is 318 g/mol. The van der Waals surface area contributed by atoms with E-state index in [9.17, 15) is 0 Å². The highest BCUT2D eigenvalue weighted by Gasteiger charge is 2.08. The minimum atomic E-state index is 0.584. The Bertz CT molecular complexity index is 585. The molecule has 7 nitrogen and oxygen atoms in total. The van der Waals surface area contributed by atoms with Crippen molar-refractivity contribution in [3.8, 4) is 11.6 Å². The van der Waals surface area contributed by atoms with Gasteiger partial charge in [-0.1, -0.05) is 26.7 Å². The van der Waals surface area contributed by atoms with Crippen LogP contribution in [0.5, 0.6) is 0 Å². The van der Waals surface area contributed by atoms with E-state index in [4.69, 9.17) is 4.42 Å². The quantitative estimate of drug-likeness (QED) is 0.513. The standard InChI is InChI=1S/C16H26N6O/c1-4-12(5-2)11-19-16(17-3)18-9-8-14-20-15(22-21-14)13-7-6-10-23-13/h6-7,10,12H,4-5,8-9,11H2,1-3H3,(H2,17,18,19)(H,20,21,22). The summed E-state index contributed by atoms with van der Waals surface area (Å²) in [6, 6.07) is 3.66. The van der Waals surface area contributed by atoms with Crippen LogP contribution in [0.2, 0.25) is 0 Å². The second-order valence-corrected chi connectivity index (χ2v) is 5.40. The van der Waals surface area contributed by atoms with Crippen molar-refractivity contribution in [1.29, 1.82) is 0 Å². The van der Waals surface area contributed by atoms with Crippen LogP contribution in [0, 0.1) is 5.92 Å². The van der Waals surface area contributed by atoms with Crippen LogP contribution in [0.4, 0.5) is 0 Å². The molecule has 2 aromatic heterocycles.